The smallest absolute Gasteiger partial charge is 0.328 e. The molecule has 3 amide bonds. The lowest BCUT2D eigenvalue weighted by Crippen LogP contribution is -2.47. The Morgan fingerprint density at radius 1 is 1.20 bits per heavy atom. The van der Waals surface area contributed by atoms with Crippen LogP contribution in [0.2, 0.25) is 0 Å². The highest BCUT2D eigenvalue weighted by Gasteiger charge is 2.27. The van der Waals surface area contributed by atoms with Gasteiger partial charge in [-0.1, -0.05) is 26.3 Å². The molecular weight excluding hydrogens is 460 g/mol. The Kier molecular flexibility index (Phi) is 11.9. The second kappa shape index (κ2) is 14.3. The van der Waals surface area contributed by atoms with Gasteiger partial charge in [0.1, 0.15) is 24.3 Å². The fourth-order valence-electron chi connectivity index (χ4n) is 3.11. The lowest BCUT2D eigenvalue weighted by Gasteiger charge is -2.22. The van der Waals surface area contributed by atoms with Gasteiger partial charge in [0.2, 0.25) is 17.7 Å². The average Bonchev–Trinajstić information content (AvgIpc) is 2.80. The molecule has 0 spiro atoms. The molecule has 1 unspecified atom stereocenters. The molecule has 0 aromatic carbocycles. The molecule has 0 saturated carbocycles. The minimum atomic E-state index is -1.14. The minimum absolute atomic E-state index is 0.100. The second-order valence-electron chi connectivity index (χ2n) is 7.87. The molecule has 0 bridgehead atoms. The number of carboxylic acids is 1. The minimum Gasteiger partial charge on any atom is -0.478 e. The molecule has 1 heterocycles. The lowest BCUT2D eigenvalue weighted by molar-refractivity contribution is -0.146. The number of rotatable bonds is 13. The van der Waals surface area contributed by atoms with Gasteiger partial charge >= 0.3 is 11.9 Å². The van der Waals surface area contributed by atoms with E-state index < -0.39 is 53.8 Å². The molecule has 0 aliphatic rings. The Balaban J connectivity index is 2.96. The molecule has 4 N–H and O–H groups in total. The molecule has 0 saturated heterocycles. The number of methoxy groups -OCH3 is 1. The van der Waals surface area contributed by atoms with E-state index in [1.165, 1.54) is 38.4 Å². The summed E-state index contributed by atoms with van der Waals surface area (Å²) in [6, 6.07) is 0.920. The van der Waals surface area contributed by atoms with Gasteiger partial charge in [-0.15, -0.1) is 0 Å². The van der Waals surface area contributed by atoms with Crippen LogP contribution in [0.5, 0.6) is 0 Å². The van der Waals surface area contributed by atoms with Crippen LogP contribution >= 0.6 is 0 Å². The maximum atomic E-state index is 12.8. The van der Waals surface area contributed by atoms with Crippen molar-refractivity contribution in [2.45, 2.75) is 58.7 Å². The van der Waals surface area contributed by atoms with Crippen molar-refractivity contribution in [2.24, 2.45) is 5.92 Å². The molecule has 0 radical (unpaired) electrons. The van der Waals surface area contributed by atoms with Crippen molar-refractivity contribution in [3.8, 4) is 0 Å². The third-order valence-corrected chi connectivity index (χ3v) is 5.15. The number of aliphatic carboxylic acids is 1. The fourth-order valence-corrected chi connectivity index (χ4v) is 3.11. The predicted molar refractivity (Wildman–Crippen MR) is 126 cm³/mol. The second-order valence-corrected chi connectivity index (χ2v) is 7.87. The summed E-state index contributed by atoms with van der Waals surface area (Å²) >= 11 is 0. The molecule has 0 fully saturated rings. The molecule has 1 rings (SSSR count). The zero-order valence-electron chi connectivity index (χ0n) is 20.2. The number of ether oxygens (including phenoxy) is 1. The number of amides is 3. The van der Waals surface area contributed by atoms with E-state index in [4.69, 9.17) is 9.84 Å². The number of allylic oxidation sites excluding steroid dienone is 1. The van der Waals surface area contributed by atoms with Crippen molar-refractivity contribution in [1.82, 2.24) is 15.2 Å². The lowest BCUT2D eigenvalue weighted by atomic mass is 9.99. The number of carbonyl (C=O) groups is 5. The highest BCUT2D eigenvalue weighted by atomic mass is 16.5. The molecule has 0 aliphatic carbocycles. The molecule has 12 heteroatoms. The van der Waals surface area contributed by atoms with E-state index in [-0.39, 0.29) is 24.4 Å². The van der Waals surface area contributed by atoms with Gasteiger partial charge in [0.05, 0.1) is 7.11 Å². The summed E-state index contributed by atoms with van der Waals surface area (Å²) in [7, 11) is 1.22. The summed E-state index contributed by atoms with van der Waals surface area (Å²) in [5.74, 6) is -3.66. The molecule has 35 heavy (non-hydrogen) atoms. The number of esters is 1. The van der Waals surface area contributed by atoms with Crippen LogP contribution < -0.4 is 21.5 Å². The van der Waals surface area contributed by atoms with Crippen molar-refractivity contribution in [2.75, 3.05) is 12.4 Å². The predicted octanol–water partition coefficient (Wildman–Crippen LogP) is 0.416. The summed E-state index contributed by atoms with van der Waals surface area (Å²) in [4.78, 5) is 72.0. The van der Waals surface area contributed by atoms with Crippen molar-refractivity contribution >= 4 is 35.3 Å². The number of anilines is 1. The number of carboxylic acid groups (broad SMARTS) is 1. The van der Waals surface area contributed by atoms with E-state index in [1.807, 2.05) is 6.92 Å². The normalized spacial score (nSPS) is 13.4. The number of hydrogen-bond acceptors (Lipinski definition) is 7. The highest BCUT2D eigenvalue weighted by Crippen LogP contribution is 2.10. The van der Waals surface area contributed by atoms with Crippen LogP contribution in [0.4, 0.5) is 5.69 Å². The summed E-state index contributed by atoms with van der Waals surface area (Å²) in [6.45, 7) is 4.47. The Morgan fingerprint density at radius 3 is 2.46 bits per heavy atom. The third kappa shape index (κ3) is 9.82. The first-order valence-corrected chi connectivity index (χ1v) is 11.0. The first kappa shape index (κ1) is 29.1. The monoisotopic (exact) mass is 492 g/mol. The van der Waals surface area contributed by atoms with E-state index in [0.29, 0.717) is 6.42 Å². The Hall–Kier alpha value is -3.96. The van der Waals surface area contributed by atoms with Gasteiger partial charge in [-0.05, 0) is 30.9 Å². The highest BCUT2D eigenvalue weighted by molar-refractivity contribution is 5.96. The van der Waals surface area contributed by atoms with Gasteiger partial charge in [-0.25, -0.2) is 9.59 Å². The molecule has 1 aromatic rings. The summed E-state index contributed by atoms with van der Waals surface area (Å²) < 4.78 is 5.81. The van der Waals surface area contributed by atoms with Gasteiger partial charge < -0.3 is 30.4 Å². The average molecular weight is 493 g/mol. The largest absolute Gasteiger partial charge is 0.478 e. The quantitative estimate of drug-likeness (QED) is 0.226. The van der Waals surface area contributed by atoms with Crippen LogP contribution in [0.3, 0.4) is 0 Å². The Morgan fingerprint density at radius 2 is 1.89 bits per heavy atom. The number of nitrogens with one attached hydrogen (secondary N) is 3. The zero-order valence-corrected chi connectivity index (χ0v) is 20.2. The maximum Gasteiger partial charge on any atom is 0.328 e. The zero-order chi connectivity index (χ0) is 26.5. The van der Waals surface area contributed by atoms with E-state index in [9.17, 15) is 28.8 Å². The summed E-state index contributed by atoms with van der Waals surface area (Å²) in [5, 5.41) is 16.1. The molecule has 192 valence electrons. The number of aromatic nitrogens is 1. The Bertz CT molecular complexity index is 1020. The SMILES string of the molecule is CC[C@@H](C)[C@H](NC(=O)Cn1cccc(NC(=O)C(CC/C=C/C(=O)O)NC(C)=O)c1=O)C(=O)OC. The summed E-state index contributed by atoms with van der Waals surface area (Å²) in [6.07, 6.45) is 4.54. The van der Waals surface area contributed by atoms with Gasteiger partial charge in [0, 0.05) is 19.2 Å². The first-order valence-electron chi connectivity index (χ1n) is 11.0. The number of carbonyl (C=O) groups excluding carboxylic acids is 4. The topological polar surface area (TPSA) is 173 Å². The van der Waals surface area contributed by atoms with Crippen molar-refractivity contribution in [3.63, 3.8) is 0 Å². The number of nitrogens with zero attached hydrogens (tertiary/aromatic N) is 1. The number of hydrogen-bond donors (Lipinski definition) is 4. The fraction of sp³-hybridized carbons (Fsp3) is 0.478. The molecule has 12 nitrogen and oxygen atoms in total. The van der Waals surface area contributed by atoms with Gasteiger partial charge in [-0.3, -0.25) is 19.2 Å². The Labute approximate surface area is 202 Å². The van der Waals surface area contributed by atoms with E-state index in [1.54, 1.807) is 6.92 Å². The third-order valence-electron chi connectivity index (χ3n) is 5.15. The van der Waals surface area contributed by atoms with Crippen LogP contribution in [0.25, 0.3) is 0 Å². The van der Waals surface area contributed by atoms with E-state index >= 15 is 0 Å². The van der Waals surface area contributed by atoms with Crippen LogP contribution in [-0.4, -0.2) is 58.5 Å². The first-order chi connectivity index (χ1) is 16.5. The summed E-state index contributed by atoms with van der Waals surface area (Å²) in [5.41, 5.74) is -0.783. The number of pyridine rings is 1. The van der Waals surface area contributed by atoms with E-state index in [2.05, 4.69) is 16.0 Å². The van der Waals surface area contributed by atoms with Gasteiger partial charge in [0.25, 0.3) is 5.56 Å². The molecule has 1 aromatic heterocycles. The maximum absolute atomic E-state index is 12.8. The molecule has 0 aliphatic heterocycles. The van der Waals surface area contributed by atoms with Gasteiger partial charge in [-0.2, -0.15) is 0 Å². The standard InChI is InChI=1S/C23H32N4O8/c1-5-14(2)20(23(34)35-4)26-18(29)13-27-12-8-10-17(22(27)33)25-21(32)16(24-15(3)28)9-6-7-11-19(30)31/h7-8,10-12,14,16,20H,5-6,9,13H2,1-4H3,(H,24,28)(H,25,32)(H,26,29)(H,30,31)/b11-7+/t14-,16?,20+/m1/s1. The van der Waals surface area contributed by atoms with E-state index in [0.717, 1.165) is 10.6 Å². The van der Waals surface area contributed by atoms with Crippen molar-refractivity contribution in [1.29, 1.82) is 0 Å². The van der Waals surface area contributed by atoms with Crippen LogP contribution in [0, 0.1) is 5.92 Å². The molecular formula is C23H32N4O8. The van der Waals surface area contributed by atoms with Crippen molar-refractivity contribution < 1.29 is 33.8 Å². The van der Waals surface area contributed by atoms with Crippen LogP contribution in [-0.2, 0) is 35.3 Å². The van der Waals surface area contributed by atoms with Gasteiger partial charge in [0.15, 0.2) is 0 Å². The van der Waals surface area contributed by atoms with Crippen molar-refractivity contribution in [3.05, 3.63) is 40.8 Å². The molecule has 3 atom stereocenters. The van der Waals surface area contributed by atoms with Crippen LogP contribution in [0.15, 0.2) is 35.3 Å². The van der Waals surface area contributed by atoms with Crippen LogP contribution in [0.1, 0.15) is 40.0 Å².